The van der Waals surface area contributed by atoms with E-state index in [0.29, 0.717) is 22.2 Å². The summed E-state index contributed by atoms with van der Waals surface area (Å²) >= 11 is 0. The SMILES string of the molecule is CC(C)(C(=O)OC(=O)C(F)(F)F)N1CCC(N(Cc2ccc(-c3ccc(C(F)(F)F)cc3)cc2)C(=O)Cn2c(CCc3cccc(F)c3F)nc(=O)c3ccccc32)CC1. The van der Waals surface area contributed by atoms with Gasteiger partial charge in [-0.15, -0.1) is 0 Å². The predicted octanol–water partition coefficient (Wildman–Crippen LogP) is 8.05. The molecule has 1 fully saturated rings. The van der Waals surface area contributed by atoms with Crippen LogP contribution in [-0.4, -0.2) is 68.0 Å². The van der Waals surface area contributed by atoms with Crippen LogP contribution in [-0.2, 0) is 51.2 Å². The van der Waals surface area contributed by atoms with Crippen LogP contribution in [0.2, 0.25) is 0 Å². The second-order valence-corrected chi connectivity index (χ2v) is 14.9. The third kappa shape index (κ3) is 9.73. The van der Waals surface area contributed by atoms with Crippen LogP contribution in [0.4, 0.5) is 35.1 Å². The Bertz CT molecular complexity index is 2440. The maximum Gasteiger partial charge on any atom is 0.491 e. The van der Waals surface area contributed by atoms with Crippen molar-refractivity contribution < 1.29 is 54.2 Å². The molecule has 2 heterocycles. The van der Waals surface area contributed by atoms with Gasteiger partial charge >= 0.3 is 24.3 Å². The predicted molar refractivity (Wildman–Crippen MR) is 203 cm³/mol. The Morgan fingerprint density at radius 3 is 2.02 bits per heavy atom. The van der Waals surface area contributed by atoms with Crippen molar-refractivity contribution in [2.45, 2.75) is 76.6 Å². The first-order chi connectivity index (χ1) is 28.2. The summed E-state index contributed by atoms with van der Waals surface area (Å²) in [5, 5.41) is 0.211. The molecule has 0 spiro atoms. The summed E-state index contributed by atoms with van der Waals surface area (Å²) in [7, 11) is 0. The van der Waals surface area contributed by atoms with Gasteiger partial charge < -0.3 is 14.2 Å². The number of halogens is 8. The quantitative estimate of drug-likeness (QED) is 0.0754. The van der Waals surface area contributed by atoms with E-state index >= 15 is 0 Å². The summed E-state index contributed by atoms with van der Waals surface area (Å²) in [5.74, 6) is -6.43. The maximum absolute atomic E-state index is 14.6. The van der Waals surface area contributed by atoms with Gasteiger partial charge in [-0.1, -0.05) is 60.7 Å². The molecule has 316 valence electrons. The number of carbonyl (C=O) groups is 3. The molecule has 1 saturated heterocycles. The van der Waals surface area contributed by atoms with Crippen molar-refractivity contribution in [3.63, 3.8) is 0 Å². The number of benzene rings is 4. The molecule has 60 heavy (non-hydrogen) atoms. The number of aromatic nitrogens is 2. The number of amides is 1. The first-order valence-corrected chi connectivity index (χ1v) is 18.8. The number of hydrogen-bond acceptors (Lipinski definition) is 7. The lowest BCUT2D eigenvalue weighted by Crippen LogP contribution is -2.57. The van der Waals surface area contributed by atoms with Gasteiger partial charge in [0.25, 0.3) is 5.56 Å². The molecule has 9 nitrogen and oxygen atoms in total. The van der Waals surface area contributed by atoms with Crippen molar-refractivity contribution in [3.05, 3.63) is 135 Å². The molecule has 4 aromatic carbocycles. The van der Waals surface area contributed by atoms with Gasteiger partial charge in [0.1, 0.15) is 17.9 Å². The molecule has 0 unspecified atom stereocenters. The molecule has 1 amide bonds. The monoisotopic (exact) mass is 842 g/mol. The molecule has 0 N–H and O–H groups in total. The van der Waals surface area contributed by atoms with Gasteiger partial charge in [-0.25, -0.2) is 18.4 Å². The van der Waals surface area contributed by atoms with Crippen LogP contribution in [0.1, 0.15) is 49.2 Å². The van der Waals surface area contributed by atoms with Crippen molar-refractivity contribution in [1.29, 1.82) is 0 Å². The Morgan fingerprint density at radius 1 is 0.783 bits per heavy atom. The standard InChI is InChI=1S/C43H38F8N4O5/c1-41(2,39(58)60-40(59)43(49,50)51)53-22-20-31(21-23-53)54(24-26-10-12-27(13-11-26)28-14-17-30(18-15-28)42(46,47)48)36(56)25-55-34-9-4-3-7-32(34)38(57)52-35(55)19-16-29-6-5-8-33(44)37(29)45/h3-15,17-18,31H,16,19-25H2,1-2H3. The lowest BCUT2D eigenvalue weighted by Gasteiger charge is -2.44. The van der Waals surface area contributed by atoms with Crippen LogP contribution >= 0.6 is 0 Å². The molecule has 1 aliphatic rings. The highest BCUT2D eigenvalue weighted by molar-refractivity contribution is 5.92. The van der Waals surface area contributed by atoms with Gasteiger partial charge in [0, 0.05) is 32.1 Å². The Morgan fingerprint density at radius 2 is 1.40 bits per heavy atom. The van der Waals surface area contributed by atoms with Crippen molar-refractivity contribution in [2.75, 3.05) is 13.1 Å². The number of alkyl halides is 6. The van der Waals surface area contributed by atoms with E-state index in [4.69, 9.17) is 0 Å². The van der Waals surface area contributed by atoms with Crippen LogP contribution < -0.4 is 5.56 Å². The number of likely N-dealkylation sites (tertiary alicyclic amines) is 1. The minimum Gasteiger partial charge on any atom is -0.385 e. The zero-order chi connectivity index (χ0) is 43.6. The third-order valence-corrected chi connectivity index (χ3v) is 10.7. The number of esters is 2. The molecule has 6 rings (SSSR count). The highest BCUT2D eigenvalue weighted by Gasteiger charge is 2.47. The fourth-order valence-corrected chi connectivity index (χ4v) is 7.25. The number of aryl methyl sites for hydroxylation is 2. The number of ether oxygens (including phenoxy) is 1. The first kappa shape index (κ1) is 43.6. The number of nitrogens with zero attached hydrogens (tertiary/aromatic N) is 4. The highest BCUT2D eigenvalue weighted by Crippen LogP contribution is 2.32. The number of rotatable bonds is 11. The summed E-state index contributed by atoms with van der Waals surface area (Å²) < 4.78 is 112. The number of carbonyl (C=O) groups excluding carboxylic acids is 3. The smallest absolute Gasteiger partial charge is 0.385 e. The summed E-state index contributed by atoms with van der Waals surface area (Å²) in [6, 6.07) is 21.2. The number of hydrogen-bond donors (Lipinski definition) is 0. The molecular weight excluding hydrogens is 804 g/mol. The molecule has 0 aliphatic carbocycles. The zero-order valence-electron chi connectivity index (χ0n) is 32.2. The average Bonchev–Trinajstić information content (AvgIpc) is 3.21. The first-order valence-electron chi connectivity index (χ1n) is 18.8. The molecule has 0 atom stereocenters. The minimum atomic E-state index is -5.38. The lowest BCUT2D eigenvalue weighted by molar-refractivity contribution is -0.205. The van der Waals surface area contributed by atoms with Crippen molar-refractivity contribution in [2.24, 2.45) is 0 Å². The fourth-order valence-electron chi connectivity index (χ4n) is 7.25. The van der Waals surface area contributed by atoms with Crippen molar-refractivity contribution in [1.82, 2.24) is 19.4 Å². The van der Waals surface area contributed by atoms with Gasteiger partial charge in [0.05, 0.1) is 16.5 Å². The minimum absolute atomic E-state index is 0.0255. The largest absolute Gasteiger partial charge is 0.491 e. The molecule has 5 aromatic rings. The number of piperidine rings is 1. The summed E-state index contributed by atoms with van der Waals surface area (Å²) in [5.41, 5.74) is -0.847. The van der Waals surface area contributed by atoms with Crippen LogP contribution in [0.15, 0.2) is 95.8 Å². The van der Waals surface area contributed by atoms with Gasteiger partial charge in [-0.05, 0) is 85.7 Å². The second kappa shape index (κ2) is 17.3. The second-order valence-electron chi connectivity index (χ2n) is 14.9. The summed E-state index contributed by atoms with van der Waals surface area (Å²) in [6.45, 7) is 2.54. The fraction of sp³-hybridized carbons (Fsp3) is 0.326. The van der Waals surface area contributed by atoms with E-state index in [2.05, 4.69) is 9.72 Å². The average molecular weight is 843 g/mol. The lowest BCUT2D eigenvalue weighted by atomic mass is 9.95. The number of fused-ring (bicyclic) bond motifs is 1. The van der Waals surface area contributed by atoms with E-state index < -0.39 is 64.5 Å². The van der Waals surface area contributed by atoms with Gasteiger partial charge in [-0.2, -0.15) is 31.3 Å². The van der Waals surface area contributed by atoms with E-state index in [9.17, 15) is 54.3 Å². The molecule has 1 aromatic heterocycles. The van der Waals surface area contributed by atoms with E-state index in [0.717, 1.165) is 18.2 Å². The summed E-state index contributed by atoms with van der Waals surface area (Å²) in [4.78, 5) is 59.3. The maximum atomic E-state index is 14.6. The third-order valence-electron chi connectivity index (χ3n) is 10.7. The van der Waals surface area contributed by atoms with Crippen LogP contribution in [0, 0.1) is 11.6 Å². The van der Waals surface area contributed by atoms with Crippen LogP contribution in [0.25, 0.3) is 22.0 Å². The molecular formula is C43H38F8N4O5. The molecule has 17 heteroatoms. The molecule has 0 bridgehead atoms. The number of para-hydroxylation sites is 1. The van der Waals surface area contributed by atoms with Crippen LogP contribution in [0.3, 0.4) is 0 Å². The topological polar surface area (TPSA) is 102 Å². The molecule has 0 saturated carbocycles. The van der Waals surface area contributed by atoms with E-state index in [1.807, 2.05) is 0 Å². The van der Waals surface area contributed by atoms with E-state index in [-0.39, 0.29) is 68.6 Å². The van der Waals surface area contributed by atoms with Crippen LogP contribution in [0.5, 0.6) is 0 Å². The Balaban J connectivity index is 1.29. The van der Waals surface area contributed by atoms with Gasteiger partial charge in [-0.3, -0.25) is 14.5 Å². The zero-order valence-corrected chi connectivity index (χ0v) is 32.2. The molecule has 1 aliphatic heterocycles. The van der Waals surface area contributed by atoms with Crippen molar-refractivity contribution >= 4 is 28.7 Å². The Labute approximate surface area is 338 Å². The Hall–Kier alpha value is -5.97. The summed E-state index contributed by atoms with van der Waals surface area (Å²) in [6.07, 6.45) is -9.51. The Kier molecular flexibility index (Phi) is 12.6. The van der Waals surface area contributed by atoms with Gasteiger partial charge in [0.2, 0.25) is 5.91 Å². The van der Waals surface area contributed by atoms with E-state index in [1.165, 1.54) is 38.1 Å². The molecule has 0 radical (unpaired) electrons. The normalized spacial score (nSPS) is 14.3. The highest BCUT2D eigenvalue weighted by atomic mass is 19.4. The van der Waals surface area contributed by atoms with Crippen molar-refractivity contribution in [3.8, 4) is 11.1 Å². The van der Waals surface area contributed by atoms with Gasteiger partial charge in [0.15, 0.2) is 11.6 Å². The van der Waals surface area contributed by atoms with E-state index in [1.54, 1.807) is 62.9 Å².